The molecule has 0 amide bonds. The maximum absolute atomic E-state index is 12.0. The van der Waals surface area contributed by atoms with Gasteiger partial charge in [0, 0.05) is 29.4 Å². The van der Waals surface area contributed by atoms with Crippen LogP contribution in [0.15, 0.2) is 30.5 Å². The number of para-hydroxylation sites is 1. The highest BCUT2D eigenvalue weighted by atomic mass is 16.5. The van der Waals surface area contributed by atoms with E-state index in [1.165, 1.54) is 43.1 Å². The van der Waals surface area contributed by atoms with Crippen LogP contribution in [0.5, 0.6) is 0 Å². The van der Waals surface area contributed by atoms with Crippen LogP contribution in [0.2, 0.25) is 0 Å². The molecular weight excluding hydrogens is 248 g/mol. The van der Waals surface area contributed by atoms with Gasteiger partial charge in [0.25, 0.3) is 0 Å². The highest BCUT2D eigenvalue weighted by Gasteiger charge is 2.14. The van der Waals surface area contributed by atoms with E-state index < -0.39 is 0 Å². The molecule has 1 aliphatic rings. The minimum Gasteiger partial charge on any atom is -0.624 e. The summed E-state index contributed by atoms with van der Waals surface area (Å²) in [4.78, 5) is 3.26. The van der Waals surface area contributed by atoms with E-state index >= 15 is 0 Å². The van der Waals surface area contributed by atoms with Gasteiger partial charge in [0.15, 0.2) is 12.8 Å². The molecule has 106 valence electrons. The molecule has 0 atom stereocenters. The molecule has 1 heterocycles. The number of benzene rings is 1. The van der Waals surface area contributed by atoms with E-state index in [0.29, 0.717) is 12.5 Å². The molecule has 0 bridgehead atoms. The fourth-order valence-electron chi connectivity index (χ4n) is 3.16. The molecule has 0 spiro atoms. The number of H-pyrrole nitrogens is 1. The van der Waals surface area contributed by atoms with Crippen LogP contribution in [-0.4, -0.2) is 22.5 Å². The van der Waals surface area contributed by atoms with Gasteiger partial charge in [-0.2, -0.15) is 0 Å². The lowest BCUT2D eigenvalue weighted by atomic mass is 9.90. The third-order valence-corrected chi connectivity index (χ3v) is 4.30. The molecule has 3 nitrogen and oxygen atoms in total. The Balaban J connectivity index is 1.62. The average molecular weight is 270 g/mol. The van der Waals surface area contributed by atoms with Crippen LogP contribution in [0.1, 0.15) is 37.7 Å². The monoisotopic (exact) mass is 270 g/mol. The minimum atomic E-state index is 0.504. The van der Waals surface area contributed by atoms with Crippen LogP contribution in [0.3, 0.4) is 0 Å². The zero-order valence-electron chi connectivity index (χ0n) is 11.8. The lowest BCUT2D eigenvalue weighted by molar-refractivity contribution is -0.454. The number of hydroxylamine groups is 1. The second-order valence-electron chi connectivity index (χ2n) is 5.80. The van der Waals surface area contributed by atoms with Crippen LogP contribution in [0.4, 0.5) is 0 Å². The van der Waals surface area contributed by atoms with Crippen molar-refractivity contribution in [1.82, 2.24) is 4.98 Å². The van der Waals surface area contributed by atoms with Gasteiger partial charge >= 0.3 is 0 Å². The quantitative estimate of drug-likeness (QED) is 0.389. The van der Waals surface area contributed by atoms with E-state index in [9.17, 15) is 5.21 Å². The second-order valence-corrected chi connectivity index (χ2v) is 5.80. The molecular formula is C17H22N2O. The smallest absolute Gasteiger partial charge is 0.157 e. The number of nitrogens with one attached hydrogen (secondary N) is 1. The summed E-state index contributed by atoms with van der Waals surface area (Å²) in [6.07, 6.45) is 11.0. The van der Waals surface area contributed by atoms with Gasteiger partial charge in [-0.25, -0.2) is 4.74 Å². The van der Waals surface area contributed by atoms with Crippen LogP contribution >= 0.6 is 0 Å². The van der Waals surface area contributed by atoms with Gasteiger partial charge in [0.2, 0.25) is 0 Å². The van der Waals surface area contributed by atoms with Crippen molar-refractivity contribution in [3.05, 3.63) is 41.2 Å². The van der Waals surface area contributed by atoms with E-state index in [4.69, 9.17) is 0 Å². The van der Waals surface area contributed by atoms with E-state index in [0.717, 1.165) is 16.7 Å². The van der Waals surface area contributed by atoms with Crippen LogP contribution in [0.25, 0.3) is 10.9 Å². The summed E-state index contributed by atoms with van der Waals surface area (Å²) in [5, 5.41) is 13.2. The molecule has 3 heteroatoms. The van der Waals surface area contributed by atoms with Crippen molar-refractivity contribution in [3.63, 3.8) is 0 Å². The Hall–Kier alpha value is -1.77. The van der Waals surface area contributed by atoms with Crippen molar-refractivity contribution in [2.75, 3.05) is 6.54 Å². The predicted octanol–water partition coefficient (Wildman–Crippen LogP) is 3.87. The fourth-order valence-corrected chi connectivity index (χ4v) is 3.16. The Labute approximate surface area is 119 Å². The van der Waals surface area contributed by atoms with Gasteiger partial charge in [-0.1, -0.05) is 37.5 Å². The van der Waals surface area contributed by atoms with E-state index in [2.05, 4.69) is 17.1 Å². The first-order chi connectivity index (χ1) is 9.83. The summed E-state index contributed by atoms with van der Waals surface area (Å²) in [7, 11) is 0. The molecule has 1 fully saturated rings. The third-order valence-electron chi connectivity index (χ3n) is 4.30. The fraction of sp³-hybridized carbons (Fsp3) is 0.471. The van der Waals surface area contributed by atoms with Gasteiger partial charge in [0.05, 0.1) is 0 Å². The molecule has 0 unspecified atom stereocenters. The van der Waals surface area contributed by atoms with Crippen molar-refractivity contribution in [2.45, 2.75) is 38.5 Å². The first-order valence-corrected chi connectivity index (χ1v) is 7.67. The first-order valence-electron chi connectivity index (χ1n) is 7.67. The Kier molecular flexibility index (Phi) is 4.05. The number of fused-ring (bicyclic) bond motifs is 1. The molecule has 1 saturated carbocycles. The minimum absolute atomic E-state index is 0.504. The summed E-state index contributed by atoms with van der Waals surface area (Å²) in [6.45, 7) is 0.554. The number of nitrogens with zero attached hydrogens (tertiary/aromatic N) is 1. The molecule has 0 aliphatic heterocycles. The topological polar surface area (TPSA) is 41.9 Å². The van der Waals surface area contributed by atoms with Crippen LogP contribution < -0.4 is 0 Å². The summed E-state index contributed by atoms with van der Waals surface area (Å²) in [6, 6.07) is 8.26. The molecule has 1 N–H and O–H groups in total. The Morgan fingerprint density at radius 1 is 1.20 bits per heavy atom. The molecule has 20 heavy (non-hydrogen) atoms. The highest BCUT2D eigenvalue weighted by molar-refractivity contribution is 5.83. The standard InChI is InChI=1S/C17H22N2O/c20-19(13-14-6-2-1-3-7-14)11-10-15-12-18-17-9-5-4-8-16(15)17/h4-5,8-9,12-14,18H,1-3,6-7,10-11H2/b19-13-. The number of aromatic nitrogens is 1. The Morgan fingerprint density at radius 2 is 2.00 bits per heavy atom. The number of hydrogen-bond donors (Lipinski definition) is 1. The van der Waals surface area contributed by atoms with Gasteiger partial charge in [-0.3, -0.25) is 0 Å². The zero-order chi connectivity index (χ0) is 13.8. The molecule has 0 saturated heterocycles. The van der Waals surface area contributed by atoms with Gasteiger partial charge in [-0.05, 0) is 24.5 Å². The summed E-state index contributed by atoms with van der Waals surface area (Å²) in [5.74, 6) is 0.504. The molecule has 2 aromatic rings. The Morgan fingerprint density at radius 3 is 2.85 bits per heavy atom. The molecule has 1 aromatic heterocycles. The van der Waals surface area contributed by atoms with Crippen molar-refractivity contribution in [1.29, 1.82) is 0 Å². The van der Waals surface area contributed by atoms with E-state index in [-0.39, 0.29) is 0 Å². The lowest BCUT2D eigenvalue weighted by Crippen LogP contribution is -2.17. The van der Waals surface area contributed by atoms with Gasteiger partial charge in [-0.15, -0.1) is 0 Å². The van der Waals surface area contributed by atoms with E-state index in [1.807, 2.05) is 24.5 Å². The number of hydrogen-bond acceptors (Lipinski definition) is 1. The summed E-state index contributed by atoms with van der Waals surface area (Å²) >= 11 is 0. The molecule has 3 rings (SSSR count). The first kappa shape index (κ1) is 13.2. The van der Waals surface area contributed by atoms with Crippen LogP contribution in [0, 0.1) is 11.1 Å². The molecule has 0 radical (unpaired) electrons. The molecule has 1 aliphatic carbocycles. The normalized spacial score (nSPS) is 17.7. The summed E-state index contributed by atoms with van der Waals surface area (Å²) < 4.78 is 1.15. The largest absolute Gasteiger partial charge is 0.624 e. The SMILES string of the molecule is [O-]/[N+](=C\C1CCCCC1)CCc1c[nH]c2ccccc12. The summed E-state index contributed by atoms with van der Waals surface area (Å²) in [5.41, 5.74) is 2.38. The number of aromatic amines is 1. The number of rotatable bonds is 4. The van der Waals surface area contributed by atoms with Crippen molar-refractivity contribution >= 4 is 17.1 Å². The average Bonchev–Trinajstić information content (AvgIpc) is 2.89. The predicted molar refractivity (Wildman–Crippen MR) is 83.1 cm³/mol. The van der Waals surface area contributed by atoms with E-state index in [1.54, 1.807) is 0 Å². The van der Waals surface area contributed by atoms with Crippen molar-refractivity contribution in [3.8, 4) is 0 Å². The maximum Gasteiger partial charge on any atom is 0.157 e. The zero-order valence-corrected chi connectivity index (χ0v) is 11.8. The van der Waals surface area contributed by atoms with Gasteiger partial charge < -0.3 is 10.2 Å². The third kappa shape index (κ3) is 3.03. The van der Waals surface area contributed by atoms with Crippen molar-refractivity contribution in [2.24, 2.45) is 5.92 Å². The lowest BCUT2D eigenvalue weighted by Gasteiger charge is -2.16. The highest BCUT2D eigenvalue weighted by Crippen LogP contribution is 2.22. The Bertz CT molecular complexity index is 594. The second kappa shape index (κ2) is 6.12. The van der Waals surface area contributed by atoms with Crippen LogP contribution in [-0.2, 0) is 6.42 Å². The van der Waals surface area contributed by atoms with Gasteiger partial charge in [0.1, 0.15) is 0 Å². The molecule has 1 aromatic carbocycles. The maximum atomic E-state index is 12.0. The van der Waals surface area contributed by atoms with Crippen molar-refractivity contribution < 1.29 is 4.74 Å².